The van der Waals surface area contributed by atoms with E-state index in [1.54, 1.807) is 0 Å². The lowest BCUT2D eigenvalue weighted by Gasteiger charge is -2.01. The van der Waals surface area contributed by atoms with E-state index < -0.39 is 5.51 Å². The molecule has 0 N–H and O–H groups in total. The average Bonchev–Trinajstić information content (AvgIpc) is 1.59. The topological polar surface area (TPSA) is 0 Å². The van der Waals surface area contributed by atoms with Crippen LogP contribution in [0.5, 0.6) is 0 Å². The van der Waals surface area contributed by atoms with Crippen molar-refractivity contribution < 1.29 is 13.2 Å². The SMILES string of the molecule is [CH2]CCSC(F)(F)F. The maximum absolute atomic E-state index is 11.2. The number of thioether (sulfide) groups is 1. The van der Waals surface area contributed by atoms with Crippen molar-refractivity contribution in [3.05, 3.63) is 6.92 Å². The molecule has 0 spiro atoms. The number of rotatable bonds is 2. The Morgan fingerprint density at radius 2 is 1.88 bits per heavy atom. The van der Waals surface area contributed by atoms with Gasteiger partial charge in [0.2, 0.25) is 0 Å². The Balaban J connectivity index is 3.11. The van der Waals surface area contributed by atoms with Crippen LogP contribution in [-0.2, 0) is 0 Å². The first kappa shape index (κ1) is 8.14. The van der Waals surface area contributed by atoms with Gasteiger partial charge in [-0.25, -0.2) is 0 Å². The summed E-state index contributed by atoms with van der Waals surface area (Å²) in [4.78, 5) is 0. The fourth-order valence-electron chi connectivity index (χ4n) is 0.188. The van der Waals surface area contributed by atoms with E-state index in [1.165, 1.54) is 0 Å². The molecule has 0 unspecified atom stereocenters. The summed E-state index contributed by atoms with van der Waals surface area (Å²) in [5, 5.41) is 0. The molecule has 0 rings (SSSR count). The van der Waals surface area contributed by atoms with Crippen molar-refractivity contribution in [2.24, 2.45) is 0 Å². The second-order valence-corrected chi connectivity index (χ2v) is 2.31. The van der Waals surface area contributed by atoms with Crippen molar-refractivity contribution in [1.82, 2.24) is 0 Å². The zero-order valence-corrected chi connectivity index (χ0v) is 4.98. The monoisotopic (exact) mass is 143 g/mol. The highest BCUT2D eigenvalue weighted by atomic mass is 32.2. The van der Waals surface area contributed by atoms with Crippen molar-refractivity contribution in [1.29, 1.82) is 0 Å². The van der Waals surface area contributed by atoms with E-state index in [0.717, 1.165) is 0 Å². The summed E-state index contributed by atoms with van der Waals surface area (Å²) in [6, 6.07) is 0. The van der Waals surface area contributed by atoms with Crippen LogP contribution in [0.15, 0.2) is 0 Å². The van der Waals surface area contributed by atoms with Crippen molar-refractivity contribution in [3.63, 3.8) is 0 Å². The number of halogens is 3. The third kappa shape index (κ3) is 6.14. The van der Waals surface area contributed by atoms with E-state index >= 15 is 0 Å². The minimum absolute atomic E-state index is 0.0289. The standard InChI is InChI=1S/C4H6F3S/c1-2-3-8-4(5,6)7/h1-3H2. The maximum atomic E-state index is 11.2. The Morgan fingerprint density at radius 1 is 1.38 bits per heavy atom. The summed E-state index contributed by atoms with van der Waals surface area (Å²) < 4.78 is 33.5. The molecule has 0 heterocycles. The van der Waals surface area contributed by atoms with Gasteiger partial charge in [0.15, 0.2) is 0 Å². The van der Waals surface area contributed by atoms with Gasteiger partial charge in [0.1, 0.15) is 0 Å². The number of alkyl halides is 3. The van der Waals surface area contributed by atoms with Gasteiger partial charge in [-0.2, -0.15) is 13.2 Å². The van der Waals surface area contributed by atoms with Gasteiger partial charge in [0.25, 0.3) is 0 Å². The van der Waals surface area contributed by atoms with E-state index in [4.69, 9.17) is 0 Å². The molecular formula is C4H6F3S. The first-order valence-corrected chi connectivity index (χ1v) is 3.05. The molecule has 0 aliphatic heterocycles. The molecule has 0 aliphatic carbocycles. The highest BCUT2D eigenvalue weighted by Crippen LogP contribution is 2.30. The highest BCUT2D eigenvalue weighted by Gasteiger charge is 2.26. The van der Waals surface area contributed by atoms with Gasteiger partial charge in [-0.05, 0) is 6.42 Å². The zero-order valence-electron chi connectivity index (χ0n) is 4.16. The molecular weight excluding hydrogens is 137 g/mol. The summed E-state index contributed by atoms with van der Waals surface area (Å²) in [5.74, 6) is 0.0590. The normalized spacial score (nSPS) is 12.0. The van der Waals surface area contributed by atoms with E-state index in [1.807, 2.05) is 0 Å². The van der Waals surface area contributed by atoms with Crippen LogP contribution in [0.2, 0.25) is 0 Å². The van der Waals surface area contributed by atoms with Gasteiger partial charge in [-0.15, -0.1) is 0 Å². The number of hydrogen-bond acceptors (Lipinski definition) is 1. The average molecular weight is 143 g/mol. The lowest BCUT2D eigenvalue weighted by atomic mass is 10.6. The van der Waals surface area contributed by atoms with Gasteiger partial charge in [0, 0.05) is 5.75 Å². The summed E-state index contributed by atoms with van der Waals surface area (Å²) in [6.07, 6.45) is 0.324. The quantitative estimate of drug-likeness (QED) is 0.572. The largest absolute Gasteiger partial charge is 0.441 e. The maximum Gasteiger partial charge on any atom is 0.441 e. The Kier molecular flexibility index (Phi) is 3.28. The van der Waals surface area contributed by atoms with Crippen LogP contribution < -0.4 is 0 Å². The molecule has 8 heavy (non-hydrogen) atoms. The van der Waals surface area contributed by atoms with E-state index in [-0.39, 0.29) is 17.5 Å². The Bertz CT molecular complexity index is 58.8. The van der Waals surface area contributed by atoms with Gasteiger partial charge in [-0.3, -0.25) is 0 Å². The van der Waals surface area contributed by atoms with Crippen LogP contribution in [0.1, 0.15) is 6.42 Å². The van der Waals surface area contributed by atoms with Crippen LogP contribution in [0.3, 0.4) is 0 Å². The first-order chi connectivity index (χ1) is 3.56. The van der Waals surface area contributed by atoms with Crippen LogP contribution in [0.4, 0.5) is 13.2 Å². The van der Waals surface area contributed by atoms with Crippen molar-refractivity contribution in [3.8, 4) is 0 Å². The van der Waals surface area contributed by atoms with E-state index in [0.29, 0.717) is 6.42 Å². The van der Waals surface area contributed by atoms with Gasteiger partial charge in [-0.1, -0.05) is 18.7 Å². The Hall–Kier alpha value is 0.140. The molecule has 0 aromatic rings. The molecule has 0 aliphatic rings. The number of hydrogen-bond donors (Lipinski definition) is 0. The molecule has 0 saturated heterocycles. The van der Waals surface area contributed by atoms with E-state index in [9.17, 15) is 13.2 Å². The van der Waals surface area contributed by atoms with Crippen LogP contribution in [0, 0.1) is 6.92 Å². The molecule has 0 atom stereocenters. The van der Waals surface area contributed by atoms with Gasteiger partial charge >= 0.3 is 5.51 Å². The Labute approximate surface area is 50.5 Å². The highest BCUT2D eigenvalue weighted by molar-refractivity contribution is 8.00. The van der Waals surface area contributed by atoms with Crippen molar-refractivity contribution in [2.45, 2.75) is 11.9 Å². The first-order valence-electron chi connectivity index (χ1n) is 2.06. The molecule has 1 radical (unpaired) electrons. The molecule has 0 nitrogen and oxygen atoms in total. The van der Waals surface area contributed by atoms with Crippen molar-refractivity contribution in [2.75, 3.05) is 5.75 Å². The van der Waals surface area contributed by atoms with Crippen LogP contribution in [-0.4, -0.2) is 11.3 Å². The molecule has 0 saturated carbocycles. The fraction of sp³-hybridized carbons (Fsp3) is 0.750. The molecule has 4 heteroatoms. The van der Waals surface area contributed by atoms with E-state index in [2.05, 4.69) is 6.92 Å². The summed E-state index contributed by atoms with van der Waals surface area (Å²) in [6.45, 7) is 3.27. The fourth-order valence-corrected chi connectivity index (χ4v) is 0.564. The minimum atomic E-state index is -4.07. The van der Waals surface area contributed by atoms with Gasteiger partial charge < -0.3 is 0 Å². The molecule has 0 aromatic heterocycles. The summed E-state index contributed by atoms with van der Waals surface area (Å²) >= 11 is -0.0289. The smallest absolute Gasteiger partial charge is 0.160 e. The zero-order chi connectivity index (χ0) is 6.62. The molecule has 49 valence electrons. The van der Waals surface area contributed by atoms with Crippen LogP contribution >= 0.6 is 11.8 Å². The van der Waals surface area contributed by atoms with Crippen LogP contribution in [0.25, 0.3) is 0 Å². The minimum Gasteiger partial charge on any atom is -0.160 e. The van der Waals surface area contributed by atoms with Gasteiger partial charge in [0.05, 0.1) is 0 Å². The Morgan fingerprint density at radius 3 is 2.00 bits per heavy atom. The molecule has 0 bridgehead atoms. The van der Waals surface area contributed by atoms with Crippen molar-refractivity contribution >= 4 is 11.8 Å². The second-order valence-electron chi connectivity index (χ2n) is 1.15. The predicted octanol–water partition coefficient (Wildman–Crippen LogP) is 2.46. The second kappa shape index (κ2) is 3.22. The molecule has 0 fully saturated rings. The third-order valence-electron chi connectivity index (χ3n) is 0.410. The molecule has 0 amide bonds. The third-order valence-corrected chi connectivity index (χ3v) is 1.23. The lowest BCUT2D eigenvalue weighted by molar-refractivity contribution is -0.0327. The summed E-state index contributed by atoms with van der Waals surface area (Å²) in [5.41, 5.74) is -4.07. The summed E-state index contributed by atoms with van der Waals surface area (Å²) in [7, 11) is 0. The predicted molar refractivity (Wildman–Crippen MR) is 28.5 cm³/mol. The lowest BCUT2D eigenvalue weighted by Crippen LogP contribution is -2.00. The molecule has 0 aromatic carbocycles.